The summed E-state index contributed by atoms with van der Waals surface area (Å²) in [6.07, 6.45) is 4.07. The number of hydrogen-bond acceptors (Lipinski definition) is 3. The third-order valence-electron chi connectivity index (χ3n) is 6.40. The summed E-state index contributed by atoms with van der Waals surface area (Å²) >= 11 is 0. The number of benzene rings is 2. The molecule has 26 heavy (non-hydrogen) atoms. The molecule has 2 aliphatic rings. The van der Waals surface area contributed by atoms with Gasteiger partial charge in [0.1, 0.15) is 0 Å². The average Bonchev–Trinajstić information content (AvgIpc) is 3.12. The molecule has 2 aliphatic heterocycles. The first-order valence-corrected chi connectivity index (χ1v) is 9.99. The summed E-state index contributed by atoms with van der Waals surface area (Å²) in [4.78, 5) is 2.67. The van der Waals surface area contributed by atoms with Gasteiger partial charge in [-0.2, -0.15) is 0 Å². The van der Waals surface area contributed by atoms with Crippen LogP contribution in [0.4, 0.5) is 5.69 Å². The van der Waals surface area contributed by atoms with Crippen LogP contribution >= 0.6 is 0 Å². The van der Waals surface area contributed by atoms with Gasteiger partial charge in [0.05, 0.1) is 6.10 Å². The summed E-state index contributed by atoms with van der Waals surface area (Å²) in [5, 5.41) is 14.2. The highest BCUT2D eigenvalue weighted by Crippen LogP contribution is 2.43. The molecule has 2 aromatic carbocycles. The number of nitrogens with zero attached hydrogens (tertiary/aromatic N) is 1. The highest BCUT2D eigenvalue weighted by atomic mass is 16.3. The minimum absolute atomic E-state index is 0.120. The molecule has 2 heterocycles. The maximum absolute atomic E-state index is 10.6. The van der Waals surface area contributed by atoms with Crippen molar-refractivity contribution in [1.29, 1.82) is 0 Å². The zero-order chi connectivity index (χ0) is 18.0. The minimum Gasteiger partial charge on any atom is -0.393 e. The van der Waals surface area contributed by atoms with Crippen molar-refractivity contribution >= 4 is 5.69 Å². The van der Waals surface area contributed by atoms with Crippen molar-refractivity contribution in [2.75, 3.05) is 24.5 Å². The second kappa shape index (κ2) is 7.42. The van der Waals surface area contributed by atoms with Gasteiger partial charge in [0.25, 0.3) is 0 Å². The highest BCUT2D eigenvalue weighted by molar-refractivity contribution is 5.60. The average molecular weight is 351 g/mol. The third kappa shape index (κ3) is 3.26. The van der Waals surface area contributed by atoms with E-state index in [0.717, 1.165) is 45.3 Å². The molecule has 0 aromatic heterocycles. The molecule has 0 bridgehead atoms. The SMILES string of the molecule is CC(O)C(CC1(N2CCc3ccccc32)CCNCC1)c1ccccc1. The Bertz CT molecular complexity index is 722. The molecule has 1 saturated heterocycles. The standard InChI is InChI=1S/C23H30N2O/c1-18(26)21(19-7-3-2-4-8-19)17-23(12-14-24-15-13-23)25-16-11-20-9-5-6-10-22(20)25/h2-10,18,21,24,26H,11-17H2,1H3. The summed E-state index contributed by atoms with van der Waals surface area (Å²) in [6.45, 7) is 5.16. The predicted molar refractivity (Wildman–Crippen MR) is 108 cm³/mol. The Hall–Kier alpha value is -1.84. The fraction of sp³-hybridized carbons (Fsp3) is 0.478. The number of aliphatic hydroxyl groups is 1. The molecule has 1 fully saturated rings. The lowest BCUT2D eigenvalue weighted by molar-refractivity contribution is 0.131. The van der Waals surface area contributed by atoms with Crippen molar-refractivity contribution in [1.82, 2.24) is 5.32 Å². The van der Waals surface area contributed by atoms with E-state index in [0.29, 0.717) is 0 Å². The quantitative estimate of drug-likeness (QED) is 0.863. The van der Waals surface area contributed by atoms with Crippen LogP contribution in [0.5, 0.6) is 0 Å². The molecule has 2 unspecified atom stereocenters. The van der Waals surface area contributed by atoms with Crippen LogP contribution in [-0.4, -0.2) is 36.4 Å². The fourth-order valence-electron chi connectivity index (χ4n) is 4.98. The minimum atomic E-state index is -0.345. The number of para-hydroxylation sites is 1. The smallest absolute Gasteiger partial charge is 0.0581 e. The first-order chi connectivity index (χ1) is 12.7. The largest absolute Gasteiger partial charge is 0.393 e. The Kier molecular flexibility index (Phi) is 5.01. The van der Waals surface area contributed by atoms with Crippen LogP contribution in [0.15, 0.2) is 54.6 Å². The van der Waals surface area contributed by atoms with Crippen LogP contribution < -0.4 is 10.2 Å². The van der Waals surface area contributed by atoms with Crippen molar-refractivity contribution in [2.45, 2.75) is 50.2 Å². The van der Waals surface area contributed by atoms with Crippen molar-refractivity contribution in [2.24, 2.45) is 0 Å². The number of hydrogen-bond donors (Lipinski definition) is 2. The van der Waals surface area contributed by atoms with E-state index in [4.69, 9.17) is 0 Å². The number of fused-ring (bicyclic) bond motifs is 1. The Labute approximate surface area is 157 Å². The van der Waals surface area contributed by atoms with E-state index in [1.807, 2.05) is 6.92 Å². The van der Waals surface area contributed by atoms with Gasteiger partial charge in [0, 0.05) is 23.7 Å². The Balaban J connectivity index is 1.69. The molecule has 3 nitrogen and oxygen atoms in total. The van der Waals surface area contributed by atoms with E-state index in [9.17, 15) is 5.11 Å². The Morgan fingerprint density at radius 3 is 2.46 bits per heavy atom. The van der Waals surface area contributed by atoms with Gasteiger partial charge in [-0.25, -0.2) is 0 Å². The maximum Gasteiger partial charge on any atom is 0.0581 e. The van der Waals surface area contributed by atoms with Crippen LogP contribution in [0.2, 0.25) is 0 Å². The molecule has 3 heteroatoms. The van der Waals surface area contributed by atoms with E-state index in [1.54, 1.807) is 0 Å². The van der Waals surface area contributed by atoms with Crippen molar-refractivity contribution in [3.05, 3.63) is 65.7 Å². The number of anilines is 1. The molecule has 2 atom stereocenters. The van der Waals surface area contributed by atoms with E-state index < -0.39 is 0 Å². The van der Waals surface area contributed by atoms with Gasteiger partial charge in [-0.05, 0) is 62.9 Å². The van der Waals surface area contributed by atoms with Crippen LogP contribution in [0.1, 0.15) is 43.2 Å². The molecule has 0 aliphatic carbocycles. The van der Waals surface area contributed by atoms with Gasteiger partial charge in [-0.3, -0.25) is 0 Å². The van der Waals surface area contributed by atoms with Crippen molar-refractivity contribution in [3.8, 4) is 0 Å². The first kappa shape index (κ1) is 17.6. The number of piperidine rings is 1. The van der Waals surface area contributed by atoms with E-state index in [-0.39, 0.29) is 17.6 Å². The van der Waals surface area contributed by atoms with Gasteiger partial charge in [-0.1, -0.05) is 48.5 Å². The van der Waals surface area contributed by atoms with Crippen molar-refractivity contribution in [3.63, 3.8) is 0 Å². The van der Waals surface area contributed by atoms with Crippen LogP contribution in [0.3, 0.4) is 0 Å². The molecule has 4 rings (SSSR count). The molecule has 2 N–H and O–H groups in total. The molecular formula is C23H30N2O. The van der Waals surface area contributed by atoms with Gasteiger partial charge in [-0.15, -0.1) is 0 Å². The van der Waals surface area contributed by atoms with E-state index in [1.165, 1.54) is 16.8 Å². The fourth-order valence-corrected chi connectivity index (χ4v) is 4.98. The first-order valence-electron chi connectivity index (χ1n) is 9.99. The van der Waals surface area contributed by atoms with Gasteiger partial charge >= 0.3 is 0 Å². The van der Waals surface area contributed by atoms with Gasteiger partial charge in [0.15, 0.2) is 0 Å². The molecule has 0 spiro atoms. The summed E-state index contributed by atoms with van der Waals surface area (Å²) in [5.74, 6) is 0.169. The summed E-state index contributed by atoms with van der Waals surface area (Å²) in [7, 11) is 0. The Morgan fingerprint density at radius 1 is 1.04 bits per heavy atom. The second-order valence-electron chi connectivity index (χ2n) is 7.97. The zero-order valence-corrected chi connectivity index (χ0v) is 15.7. The van der Waals surface area contributed by atoms with Crippen LogP contribution in [0, 0.1) is 0 Å². The lowest BCUT2D eigenvalue weighted by Crippen LogP contribution is -2.55. The van der Waals surface area contributed by atoms with E-state index in [2.05, 4.69) is 64.8 Å². The summed E-state index contributed by atoms with van der Waals surface area (Å²) in [6, 6.07) is 19.4. The summed E-state index contributed by atoms with van der Waals surface area (Å²) in [5.41, 5.74) is 4.26. The molecule has 0 saturated carbocycles. The molecular weight excluding hydrogens is 320 g/mol. The molecule has 138 valence electrons. The second-order valence-corrected chi connectivity index (χ2v) is 7.97. The third-order valence-corrected chi connectivity index (χ3v) is 6.40. The lowest BCUT2D eigenvalue weighted by atomic mass is 9.75. The van der Waals surface area contributed by atoms with Crippen LogP contribution in [0.25, 0.3) is 0 Å². The molecule has 2 aromatic rings. The molecule has 0 amide bonds. The maximum atomic E-state index is 10.6. The number of nitrogens with one attached hydrogen (secondary N) is 1. The number of rotatable bonds is 5. The predicted octanol–water partition coefficient (Wildman–Crippen LogP) is 3.73. The normalized spacial score (nSPS) is 21.2. The van der Waals surface area contributed by atoms with Gasteiger partial charge < -0.3 is 15.3 Å². The monoisotopic (exact) mass is 350 g/mol. The Morgan fingerprint density at radius 2 is 1.73 bits per heavy atom. The van der Waals surface area contributed by atoms with E-state index >= 15 is 0 Å². The van der Waals surface area contributed by atoms with Crippen LogP contribution in [-0.2, 0) is 6.42 Å². The zero-order valence-electron chi connectivity index (χ0n) is 15.7. The lowest BCUT2D eigenvalue weighted by Gasteiger charge is -2.48. The summed E-state index contributed by atoms with van der Waals surface area (Å²) < 4.78 is 0. The van der Waals surface area contributed by atoms with Gasteiger partial charge in [0.2, 0.25) is 0 Å². The highest BCUT2D eigenvalue weighted by Gasteiger charge is 2.43. The molecule has 0 radical (unpaired) electrons. The topological polar surface area (TPSA) is 35.5 Å². The van der Waals surface area contributed by atoms with Crippen molar-refractivity contribution < 1.29 is 5.11 Å². The number of aliphatic hydroxyl groups excluding tert-OH is 1.